The largest absolute Gasteiger partial charge is 0.465 e. The number of unbranched alkanes of at least 4 members (excludes halogenated alkanes) is 1. The Morgan fingerprint density at radius 1 is 1.13 bits per heavy atom. The Labute approximate surface area is 179 Å². The van der Waals surface area contributed by atoms with Crippen molar-refractivity contribution in [1.82, 2.24) is 20.2 Å². The van der Waals surface area contributed by atoms with Crippen LogP contribution in [0.15, 0.2) is 53.7 Å². The van der Waals surface area contributed by atoms with Gasteiger partial charge in [0, 0.05) is 0 Å². The number of rotatable bonds is 9. The Bertz CT molecular complexity index is 1000. The van der Waals surface area contributed by atoms with Crippen LogP contribution in [0.3, 0.4) is 0 Å². The summed E-state index contributed by atoms with van der Waals surface area (Å²) in [6.07, 6.45) is 3.35. The van der Waals surface area contributed by atoms with Crippen LogP contribution in [0.25, 0.3) is 5.69 Å². The monoisotopic (exact) mass is 425 g/mol. The second-order valence-electron chi connectivity index (χ2n) is 6.52. The van der Waals surface area contributed by atoms with Gasteiger partial charge in [-0.2, -0.15) is 4.68 Å². The molecule has 0 aliphatic heterocycles. The van der Waals surface area contributed by atoms with Crippen LogP contribution >= 0.6 is 11.8 Å². The highest BCUT2D eigenvalue weighted by Crippen LogP contribution is 2.21. The summed E-state index contributed by atoms with van der Waals surface area (Å²) in [7, 11) is 1.30. The Morgan fingerprint density at radius 3 is 2.63 bits per heavy atom. The molecule has 0 atom stereocenters. The zero-order valence-corrected chi connectivity index (χ0v) is 17.7. The number of carbonyl (C=O) groups is 2. The van der Waals surface area contributed by atoms with E-state index in [2.05, 4.69) is 39.9 Å². The first-order valence-corrected chi connectivity index (χ1v) is 10.6. The third-order valence-electron chi connectivity index (χ3n) is 4.38. The number of carbonyl (C=O) groups excluding carboxylic acids is 2. The van der Waals surface area contributed by atoms with Crippen LogP contribution in [0, 0.1) is 0 Å². The van der Waals surface area contributed by atoms with Gasteiger partial charge >= 0.3 is 5.97 Å². The molecule has 0 spiro atoms. The topological polar surface area (TPSA) is 99.0 Å². The van der Waals surface area contributed by atoms with Crippen molar-refractivity contribution in [3.63, 3.8) is 0 Å². The first-order chi connectivity index (χ1) is 14.6. The lowest BCUT2D eigenvalue weighted by molar-refractivity contribution is -0.113. The first-order valence-electron chi connectivity index (χ1n) is 9.60. The lowest BCUT2D eigenvalue weighted by Crippen LogP contribution is -2.17. The summed E-state index contributed by atoms with van der Waals surface area (Å²) in [6, 6.07) is 14.8. The van der Waals surface area contributed by atoms with Crippen molar-refractivity contribution in [2.45, 2.75) is 31.3 Å². The number of nitrogens with zero attached hydrogens (tertiary/aromatic N) is 4. The van der Waals surface area contributed by atoms with E-state index in [1.807, 2.05) is 12.1 Å². The molecule has 3 aromatic rings. The number of para-hydroxylation sites is 1. The minimum atomic E-state index is -0.509. The second-order valence-corrected chi connectivity index (χ2v) is 7.46. The molecule has 156 valence electrons. The van der Waals surface area contributed by atoms with Crippen molar-refractivity contribution in [1.29, 1.82) is 0 Å². The molecule has 1 aromatic heterocycles. The number of amides is 1. The lowest BCUT2D eigenvalue weighted by Gasteiger charge is -2.09. The number of hydrogen-bond donors (Lipinski definition) is 1. The molecule has 2 aromatic carbocycles. The molecule has 0 saturated carbocycles. The van der Waals surface area contributed by atoms with Crippen molar-refractivity contribution < 1.29 is 14.3 Å². The maximum Gasteiger partial charge on any atom is 0.339 e. The fraction of sp³-hybridized carbons (Fsp3) is 0.286. The number of methoxy groups -OCH3 is 1. The van der Waals surface area contributed by atoms with Crippen LogP contribution in [0.1, 0.15) is 35.7 Å². The third kappa shape index (κ3) is 5.44. The summed E-state index contributed by atoms with van der Waals surface area (Å²) in [5.41, 5.74) is 2.80. The van der Waals surface area contributed by atoms with Gasteiger partial charge in [-0.15, -0.1) is 5.10 Å². The van der Waals surface area contributed by atoms with Crippen molar-refractivity contribution in [3.8, 4) is 5.69 Å². The lowest BCUT2D eigenvalue weighted by atomic mass is 10.1. The number of ether oxygens (including phenoxy) is 1. The van der Waals surface area contributed by atoms with Crippen LogP contribution in [0.5, 0.6) is 0 Å². The summed E-state index contributed by atoms with van der Waals surface area (Å²) >= 11 is 1.21. The molecule has 1 N–H and O–H groups in total. The van der Waals surface area contributed by atoms with Gasteiger partial charge in [-0.1, -0.05) is 49.4 Å². The molecule has 8 nitrogen and oxygen atoms in total. The zero-order chi connectivity index (χ0) is 21.3. The van der Waals surface area contributed by atoms with Gasteiger partial charge in [0.1, 0.15) is 0 Å². The Morgan fingerprint density at radius 2 is 1.90 bits per heavy atom. The number of aromatic nitrogens is 4. The number of benzene rings is 2. The van der Waals surface area contributed by atoms with Crippen LogP contribution in [0.2, 0.25) is 0 Å². The number of aryl methyl sites for hydroxylation is 1. The normalized spacial score (nSPS) is 10.6. The van der Waals surface area contributed by atoms with E-state index in [9.17, 15) is 9.59 Å². The highest BCUT2D eigenvalue weighted by molar-refractivity contribution is 7.99. The van der Waals surface area contributed by atoms with E-state index in [0.29, 0.717) is 16.4 Å². The minimum Gasteiger partial charge on any atom is -0.465 e. The molecule has 0 aliphatic carbocycles. The molecule has 0 fully saturated rings. The van der Waals surface area contributed by atoms with Gasteiger partial charge in [-0.05, 0) is 53.1 Å². The van der Waals surface area contributed by atoms with Crippen molar-refractivity contribution in [3.05, 3.63) is 59.7 Å². The van der Waals surface area contributed by atoms with E-state index >= 15 is 0 Å². The van der Waals surface area contributed by atoms with Gasteiger partial charge in [0.05, 0.1) is 29.8 Å². The molecule has 3 rings (SSSR count). The summed E-state index contributed by atoms with van der Waals surface area (Å²) in [5, 5.41) is 15.0. The van der Waals surface area contributed by atoms with Crippen LogP contribution in [-0.2, 0) is 16.0 Å². The predicted octanol–water partition coefficient (Wildman–Crippen LogP) is 3.52. The maximum atomic E-state index is 12.4. The number of thioether (sulfide) groups is 1. The zero-order valence-electron chi connectivity index (χ0n) is 16.9. The Hall–Kier alpha value is -3.20. The van der Waals surface area contributed by atoms with Crippen LogP contribution in [0.4, 0.5) is 5.69 Å². The molecule has 0 unspecified atom stereocenters. The molecule has 0 radical (unpaired) electrons. The van der Waals surface area contributed by atoms with Crippen molar-refractivity contribution in [2.24, 2.45) is 0 Å². The molecule has 9 heteroatoms. The minimum absolute atomic E-state index is 0.0878. The number of esters is 1. The van der Waals surface area contributed by atoms with Gasteiger partial charge in [-0.3, -0.25) is 4.79 Å². The van der Waals surface area contributed by atoms with E-state index < -0.39 is 5.97 Å². The molecule has 1 heterocycles. The van der Waals surface area contributed by atoms with Crippen molar-refractivity contribution >= 4 is 29.3 Å². The molecule has 0 bridgehead atoms. The van der Waals surface area contributed by atoms with Crippen LogP contribution in [-0.4, -0.2) is 44.9 Å². The number of nitrogens with one attached hydrogen (secondary N) is 1. The molecular formula is C21H23N5O3S. The van der Waals surface area contributed by atoms with E-state index in [-0.39, 0.29) is 11.7 Å². The fourth-order valence-electron chi connectivity index (χ4n) is 2.81. The fourth-order valence-corrected chi connectivity index (χ4v) is 3.50. The molecule has 0 saturated heterocycles. The highest BCUT2D eigenvalue weighted by atomic mass is 32.2. The van der Waals surface area contributed by atoms with E-state index in [0.717, 1.165) is 24.9 Å². The van der Waals surface area contributed by atoms with Gasteiger partial charge in [0.15, 0.2) is 0 Å². The quantitative estimate of drug-likeness (QED) is 0.414. The van der Waals surface area contributed by atoms with Gasteiger partial charge < -0.3 is 10.1 Å². The van der Waals surface area contributed by atoms with E-state index in [1.54, 1.807) is 28.9 Å². The molecular weight excluding hydrogens is 402 g/mol. The Balaban J connectivity index is 1.63. The van der Waals surface area contributed by atoms with Gasteiger partial charge in [0.2, 0.25) is 11.1 Å². The SMILES string of the molecule is CCCCc1ccc(-n2nnnc2SCC(=O)Nc2ccccc2C(=O)OC)cc1. The van der Waals surface area contributed by atoms with Gasteiger partial charge in [-0.25, -0.2) is 4.79 Å². The number of tetrazole rings is 1. The first kappa shape index (κ1) is 21.5. The van der Waals surface area contributed by atoms with Crippen LogP contribution < -0.4 is 5.32 Å². The van der Waals surface area contributed by atoms with E-state index in [1.165, 1.54) is 24.4 Å². The second kappa shape index (κ2) is 10.5. The standard InChI is InChI=1S/C21H23N5O3S/c1-3-4-7-15-10-12-16(13-11-15)26-21(23-24-25-26)30-14-19(27)22-18-9-6-5-8-17(18)20(28)29-2/h5-6,8-13H,3-4,7,14H2,1-2H3,(H,22,27). The average molecular weight is 426 g/mol. The number of hydrogen-bond acceptors (Lipinski definition) is 7. The van der Waals surface area contributed by atoms with Gasteiger partial charge in [0.25, 0.3) is 0 Å². The maximum absolute atomic E-state index is 12.4. The molecule has 0 aliphatic rings. The Kier molecular flexibility index (Phi) is 7.56. The summed E-state index contributed by atoms with van der Waals surface area (Å²) in [6.45, 7) is 2.17. The summed E-state index contributed by atoms with van der Waals surface area (Å²) in [5.74, 6) is -0.699. The smallest absolute Gasteiger partial charge is 0.339 e. The number of anilines is 1. The summed E-state index contributed by atoms with van der Waals surface area (Å²) < 4.78 is 6.35. The third-order valence-corrected chi connectivity index (χ3v) is 5.30. The average Bonchev–Trinajstić information content (AvgIpc) is 3.25. The van der Waals surface area contributed by atoms with E-state index in [4.69, 9.17) is 4.74 Å². The summed E-state index contributed by atoms with van der Waals surface area (Å²) in [4.78, 5) is 24.2. The predicted molar refractivity (Wildman–Crippen MR) is 115 cm³/mol. The molecule has 30 heavy (non-hydrogen) atoms. The van der Waals surface area contributed by atoms with Crippen molar-refractivity contribution in [2.75, 3.05) is 18.2 Å². The highest BCUT2D eigenvalue weighted by Gasteiger charge is 2.15. The molecule has 1 amide bonds.